The fraction of sp³-hybridized carbons (Fsp3) is 0.467. The third-order valence-electron chi connectivity index (χ3n) is 3.35. The summed E-state index contributed by atoms with van der Waals surface area (Å²) < 4.78 is 0. The molecule has 0 amide bonds. The Morgan fingerprint density at radius 3 is 2.72 bits per heavy atom. The smallest absolute Gasteiger partial charge is 0.0369 e. The van der Waals surface area contributed by atoms with Crippen molar-refractivity contribution in [2.75, 3.05) is 31.1 Å². The Bertz CT molecular complexity index is 334. The van der Waals surface area contributed by atoms with Gasteiger partial charge in [-0.2, -0.15) is 0 Å². The molecule has 1 atom stereocenters. The Labute approximate surface area is 116 Å². The molecule has 1 aliphatic rings. The van der Waals surface area contributed by atoms with Gasteiger partial charge < -0.3 is 10.2 Å². The summed E-state index contributed by atoms with van der Waals surface area (Å²) in [5.74, 6) is 0.768. The number of rotatable bonds is 5. The van der Waals surface area contributed by atoms with Crippen LogP contribution in [0.15, 0.2) is 43.0 Å². The van der Waals surface area contributed by atoms with E-state index in [-0.39, 0.29) is 12.4 Å². The molecule has 2 nitrogen and oxygen atoms in total. The predicted octanol–water partition coefficient (Wildman–Crippen LogP) is 3.10. The standard InChI is InChI=1S/C15H22N2.ClH/c1-2-11-17(15-8-4-3-5-9-15)13-14-7-6-10-16-12-14;/h2-5,8-9,14,16H,1,6-7,10-13H2;1H. The average Bonchev–Trinajstić information content (AvgIpc) is 2.40. The summed E-state index contributed by atoms with van der Waals surface area (Å²) in [5.41, 5.74) is 1.30. The van der Waals surface area contributed by atoms with E-state index in [0.29, 0.717) is 0 Å². The van der Waals surface area contributed by atoms with Gasteiger partial charge in [-0.3, -0.25) is 0 Å². The predicted molar refractivity (Wildman–Crippen MR) is 81.7 cm³/mol. The average molecular weight is 267 g/mol. The summed E-state index contributed by atoms with van der Waals surface area (Å²) in [6, 6.07) is 10.6. The van der Waals surface area contributed by atoms with E-state index in [4.69, 9.17) is 0 Å². The third-order valence-corrected chi connectivity index (χ3v) is 3.35. The highest BCUT2D eigenvalue weighted by Gasteiger charge is 2.16. The van der Waals surface area contributed by atoms with Gasteiger partial charge in [0.05, 0.1) is 0 Å². The van der Waals surface area contributed by atoms with Gasteiger partial charge in [0.1, 0.15) is 0 Å². The number of nitrogens with one attached hydrogen (secondary N) is 1. The van der Waals surface area contributed by atoms with Gasteiger partial charge in [0, 0.05) is 18.8 Å². The first-order chi connectivity index (χ1) is 8.40. The fourth-order valence-corrected chi connectivity index (χ4v) is 2.47. The maximum Gasteiger partial charge on any atom is 0.0369 e. The molecule has 1 saturated heterocycles. The van der Waals surface area contributed by atoms with Crippen molar-refractivity contribution >= 4 is 18.1 Å². The molecular weight excluding hydrogens is 244 g/mol. The molecule has 1 heterocycles. The Hall–Kier alpha value is -0.990. The molecule has 100 valence electrons. The molecule has 1 aromatic carbocycles. The Kier molecular flexibility index (Phi) is 6.84. The molecule has 18 heavy (non-hydrogen) atoms. The molecule has 0 bridgehead atoms. The molecule has 1 fully saturated rings. The summed E-state index contributed by atoms with van der Waals surface area (Å²) in [6.45, 7) is 8.26. The highest BCUT2D eigenvalue weighted by Crippen LogP contribution is 2.18. The normalized spacial score (nSPS) is 18.8. The van der Waals surface area contributed by atoms with Crippen molar-refractivity contribution in [3.8, 4) is 0 Å². The van der Waals surface area contributed by atoms with Crippen LogP contribution < -0.4 is 10.2 Å². The lowest BCUT2D eigenvalue weighted by Crippen LogP contribution is -2.38. The topological polar surface area (TPSA) is 15.3 Å². The summed E-state index contributed by atoms with van der Waals surface area (Å²) in [5, 5.41) is 3.48. The SMILES string of the molecule is C=CCN(CC1CCCNC1)c1ccccc1.Cl. The Morgan fingerprint density at radius 2 is 2.11 bits per heavy atom. The zero-order valence-corrected chi connectivity index (χ0v) is 11.7. The van der Waals surface area contributed by atoms with Gasteiger partial charge in [0.25, 0.3) is 0 Å². The van der Waals surface area contributed by atoms with E-state index in [9.17, 15) is 0 Å². The first kappa shape index (κ1) is 15.1. The van der Waals surface area contributed by atoms with Crippen molar-refractivity contribution in [3.63, 3.8) is 0 Å². The Morgan fingerprint density at radius 1 is 1.33 bits per heavy atom. The number of hydrogen-bond donors (Lipinski definition) is 1. The van der Waals surface area contributed by atoms with Crippen molar-refractivity contribution in [2.45, 2.75) is 12.8 Å². The molecular formula is C15H23ClN2. The Balaban J connectivity index is 0.00000162. The minimum Gasteiger partial charge on any atom is -0.367 e. The van der Waals surface area contributed by atoms with Gasteiger partial charge >= 0.3 is 0 Å². The summed E-state index contributed by atoms with van der Waals surface area (Å²) in [4.78, 5) is 2.42. The van der Waals surface area contributed by atoms with Crippen LogP contribution in [0.1, 0.15) is 12.8 Å². The molecule has 3 heteroatoms. The molecule has 0 spiro atoms. The molecule has 0 aromatic heterocycles. The van der Waals surface area contributed by atoms with Crippen LogP contribution in [0.2, 0.25) is 0 Å². The minimum atomic E-state index is 0. The molecule has 0 aliphatic carbocycles. The molecule has 0 saturated carbocycles. The van der Waals surface area contributed by atoms with Crippen LogP contribution in [0, 0.1) is 5.92 Å². The number of piperidine rings is 1. The van der Waals surface area contributed by atoms with E-state index in [1.165, 1.54) is 25.1 Å². The largest absolute Gasteiger partial charge is 0.367 e. The van der Waals surface area contributed by atoms with Crippen molar-refractivity contribution < 1.29 is 0 Å². The van der Waals surface area contributed by atoms with E-state index >= 15 is 0 Å². The summed E-state index contributed by atoms with van der Waals surface area (Å²) in [7, 11) is 0. The van der Waals surface area contributed by atoms with Crippen LogP contribution in [0.4, 0.5) is 5.69 Å². The minimum absolute atomic E-state index is 0. The van der Waals surface area contributed by atoms with E-state index in [1.54, 1.807) is 0 Å². The summed E-state index contributed by atoms with van der Waals surface area (Å²) >= 11 is 0. The van der Waals surface area contributed by atoms with Crippen LogP contribution in [0.25, 0.3) is 0 Å². The van der Waals surface area contributed by atoms with Crippen molar-refractivity contribution in [1.29, 1.82) is 0 Å². The van der Waals surface area contributed by atoms with Crippen LogP contribution in [-0.4, -0.2) is 26.2 Å². The highest BCUT2D eigenvalue weighted by atomic mass is 35.5. The number of para-hydroxylation sites is 1. The first-order valence-corrected chi connectivity index (χ1v) is 6.52. The molecule has 1 aliphatic heterocycles. The second-order valence-electron chi connectivity index (χ2n) is 4.74. The molecule has 1 unspecified atom stereocenters. The number of hydrogen-bond acceptors (Lipinski definition) is 2. The van der Waals surface area contributed by atoms with Crippen LogP contribution in [0.5, 0.6) is 0 Å². The van der Waals surface area contributed by atoms with Gasteiger partial charge in [-0.05, 0) is 44.0 Å². The number of benzene rings is 1. The van der Waals surface area contributed by atoms with E-state index in [1.807, 2.05) is 6.08 Å². The third kappa shape index (κ3) is 4.35. The maximum atomic E-state index is 3.86. The quantitative estimate of drug-likeness (QED) is 0.824. The van der Waals surface area contributed by atoms with Crippen LogP contribution in [-0.2, 0) is 0 Å². The zero-order valence-electron chi connectivity index (χ0n) is 10.8. The lowest BCUT2D eigenvalue weighted by molar-refractivity contribution is 0.379. The van der Waals surface area contributed by atoms with Gasteiger partial charge in [0.15, 0.2) is 0 Å². The fourth-order valence-electron chi connectivity index (χ4n) is 2.47. The second-order valence-corrected chi connectivity index (χ2v) is 4.74. The number of anilines is 1. The lowest BCUT2D eigenvalue weighted by Gasteiger charge is -2.31. The monoisotopic (exact) mass is 266 g/mol. The lowest BCUT2D eigenvalue weighted by atomic mass is 9.99. The molecule has 2 rings (SSSR count). The van der Waals surface area contributed by atoms with Crippen molar-refractivity contribution in [1.82, 2.24) is 5.32 Å². The second kappa shape index (κ2) is 8.17. The van der Waals surface area contributed by atoms with Crippen molar-refractivity contribution in [2.24, 2.45) is 5.92 Å². The molecule has 1 aromatic rings. The van der Waals surface area contributed by atoms with E-state index < -0.39 is 0 Å². The molecule has 1 N–H and O–H groups in total. The van der Waals surface area contributed by atoms with Gasteiger partial charge in [0.2, 0.25) is 0 Å². The van der Waals surface area contributed by atoms with Gasteiger partial charge in [-0.15, -0.1) is 19.0 Å². The van der Waals surface area contributed by atoms with Crippen LogP contribution in [0.3, 0.4) is 0 Å². The zero-order chi connectivity index (χ0) is 11.9. The van der Waals surface area contributed by atoms with Gasteiger partial charge in [-0.25, -0.2) is 0 Å². The van der Waals surface area contributed by atoms with E-state index in [0.717, 1.165) is 25.6 Å². The summed E-state index contributed by atoms with van der Waals surface area (Å²) in [6.07, 6.45) is 4.64. The van der Waals surface area contributed by atoms with Crippen LogP contribution >= 0.6 is 12.4 Å². The first-order valence-electron chi connectivity index (χ1n) is 6.52. The molecule has 0 radical (unpaired) electrons. The number of nitrogens with zero attached hydrogens (tertiary/aromatic N) is 1. The number of halogens is 1. The maximum absolute atomic E-state index is 3.86. The van der Waals surface area contributed by atoms with E-state index in [2.05, 4.69) is 47.1 Å². The van der Waals surface area contributed by atoms with Gasteiger partial charge in [-0.1, -0.05) is 24.3 Å². The highest BCUT2D eigenvalue weighted by molar-refractivity contribution is 5.85. The van der Waals surface area contributed by atoms with Crippen molar-refractivity contribution in [3.05, 3.63) is 43.0 Å².